The van der Waals surface area contributed by atoms with E-state index in [1.54, 1.807) is 22.9 Å². The van der Waals surface area contributed by atoms with Crippen LogP contribution in [0.1, 0.15) is 24.8 Å². The van der Waals surface area contributed by atoms with Crippen LogP contribution in [0.15, 0.2) is 54.6 Å². The summed E-state index contributed by atoms with van der Waals surface area (Å²) < 4.78 is 11.4. The van der Waals surface area contributed by atoms with Gasteiger partial charge in [0.2, 0.25) is 0 Å². The molecule has 0 saturated carbocycles. The largest absolute Gasteiger partial charge is 0.484 e. The van der Waals surface area contributed by atoms with Crippen molar-refractivity contribution in [2.75, 3.05) is 39.9 Å². The number of para-hydroxylation sites is 2. The van der Waals surface area contributed by atoms with Crippen molar-refractivity contribution in [3.63, 3.8) is 0 Å². The average Bonchev–Trinajstić information content (AvgIpc) is 2.87. The zero-order valence-electron chi connectivity index (χ0n) is 20.1. The first-order valence-electron chi connectivity index (χ1n) is 12.1. The molecule has 2 amide bonds. The molecule has 0 aromatic heterocycles. The lowest BCUT2D eigenvalue weighted by molar-refractivity contribution is -0.140. The molecule has 1 fully saturated rings. The van der Waals surface area contributed by atoms with E-state index in [0.717, 1.165) is 5.56 Å². The Morgan fingerprint density at radius 3 is 2.49 bits per heavy atom. The van der Waals surface area contributed by atoms with Gasteiger partial charge in [-0.05, 0) is 48.4 Å². The monoisotopic (exact) mass is 482 g/mol. The molecule has 2 aromatic rings. The minimum atomic E-state index is -0.963. The molecular formula is C27H34N2O6. The van der Waals surface area contributed by atoms with Gasteiger partial charge in [-0.15, -0.1) is 0 Å². The van der Waals surface area contributed by atoms with E-state index in [9.17, 15) is 19.8 Å². The Labute approximate surface area is 206 Å². The number of carbonyl (C=O) groups is 2. The molecule has 1 saturated heterocycles. The van der Waals surface area contributed by atoms with Crippen LogP contribution in [0.2, 0.25) is 0 Å². The van der Waals surface area contributed by atoms with Gasteiger partial charge in [-0.2, -0.15) is 0 Å². The quantitative estimate of drug-likeness (QED) is 0.693. The maximum Gasteiger partial charge on any atom is 0.260 e. The summed E-state index contributed by atoms with van der Waals surface area (Å²) in [5, 5.41) is 21.7. The number of likely N-dealkylation sites (tertiary alicyclic amines) is 1. The normalized spacial score (nSPS) is 23.0. The molecule has 188 valence electrons. The van der Waals surface area contributed by atoms with Crippen LogP contribution in [-0.2, 0) is 16.0 Å². The van der Waals surface area contributed by atoms with Gasteiger partial charge in [0, 0.05) is 33.1 Å². The Bertz CT molecular complexity index is 1010. The SMILES string of the molecule is CN1CC2(CCN(C(=O)COc3ccccc3)CC2)C[C@@H](O)[C@@H](O)Cc2ccccc2OCC1=O. The predicted molar refractivity (Wildman–Crippen MR) is 130 cm³/mol. The number of benzene rings is 2. The highest BCUT2D eigenvalue weighted by atomic mass is 16.5. The number of carbonyl (C=O) groups excluding carboxylic acids is 2. The van der Waals surface area contributed by atoms with E-state index in [-0.39, 0.29) is 31.4 Å². The highest BCUT2D eigenvalue weighted by Gasteiger charge is 2.41. The zero-order chi connectivity index (χ0) is 24.8. The Morgan fingerprint density at radius 1 is 1.06 bits per heavy atom. The number of hydrogen-bond donors (Lipinski definition) is 2. The maximum absolute atomic E-state index is 12.8. The number of nitrogens with zero attached hydrogens (tertiary/aromatic N) is 2. The fraction of sp³-hybridized carbons (Fsp3) is 0.481. The first-order valence-corrected chi connectivity index (χ1v) is 12.1. The van der Waals surface area contributed by atoms with Crippen molar-refractivity contribution in [2.24, 2.45) is 5.41 Å². The third-order valence-corrected chi connectivity index (χ3v) is 7.12. The predicted octanol–water partition coefficient (Wildman–Crippen LogP) is 1.88. The summed E-state index contributed by atoms with van der Waals surface area (Å²) in [4.78, 5) is 29.0. The third-order valence-electron chi connectivity index (χ3n) is 7.12. The lowest BCUT2D eigenvalue weighted by Crippen LogP contribution is -2.51. The summed E-state index contributed by atoms with van der Waals surface area (Å²) in [6.07, 6.45) is -0.118. The Balaban J connectivity index is 1.43. The van der Waals surface area contributed by atoms with E-state index in [1.165, 1.54) is 0 Å². The van der Waals surface area contributed by atoms with Crippen molar-refractivity contribution in [3.8, 4) is 11.5 Å². The van der Waals surface area contributed by atoms with Crippen molar-refractivity contribution in [3.05, 3.63) is 60.2 Å². The van der Waals surface area contributed by atoms with Crippen LogP contribution >= 0.6 is 0 Å². The van der Waals surface area contributed by atoms with Crippen LogP contribution in [0.3, 0.4) is 0 Å². The number of rotatable bonds is 3. The number of ether oxygens (including phenoxy) is 2. The van der Waals surface area contributed by atoms with E-state index >= 15 is 0 Å². The van der Waals surface area contributed by atoms with Crippen molar-refractivity contribution in [1.82, 2.24) is 9.80 Å². The molecule has 8 heteroatoms. The van der Waals surface area contributed by atoms with Gasteiger partial charge in [-0.25, -0.2) is 0 Å². The minimum absolute atomic E-state index is 0.0342. The number of fused-ring (bicyclic) bond motifs is 1. The molecule has 2 atom stereocenters. The number of hydrogen-bond acceptors (Lipinski definition) is 6. The van der Waals surface area contributed by atoms with Crippen molar-refractivity contribution < 1.29 is 29.3 Å². The molecule has 35 heavy (non-hydrogen) atoms. The van der Waals surface area contributed by atoms with E-state index in [0.29, 0.717) is 50.4 Å². The lowest BCUT2D eigenvalue weighted by Gasteiger charge is -2.45. The summed E-state index contributed by atoms with van der Waals surface area (Å²) in [7, 11) is 1.74. The highest BCUT2D eigenvalue weighted by Crippen LogP contribution is 2.38. The highest BCUT2D eigenvalue weighted by molar-refractivity contribution is 5.78. The summed E-state index contributed by atoms with van der Waals surface area (Å²) in [6.45, 7) is 1.29. The molecule has 1 spiro atoms. The molecule has 2 aromatic carbocycles. The molecule has 0 unspecified atom stereocenters. The summed E-state index contributed by atoms with van der Waals surface area (Å²) >= 11 is 0. The number of aliphatic hydroxyl groups excluding tert-OH is 2. The molecule has 0 aliphatic carbocycles. The molecule has 2 aliphatic rings. The van der Waals surface area contributed by atoms with Gasteiger partial charge >= 0.3 is 0 Å². The van der Waals surface area contributed by atoms with Crippen LogP contribution < -0.4 is 9.47 Å². The average molecular weight is 483 g/mol. The van der Waals surface area contributed by atoms with Crippen molar-refractivity contribution in [1.29, 1.82) is 0 Å². The van der Waals surface area contributed by atoms with E-state index in [4.69, 9.17) is 9.47 Å². The summed E-state index contributed by atoms with van der Waals surface area (Å²) in [6, 6.07) is 16.5. The molecule has 8 nitrogen and oxygen atoms in total. The van der Waals surface area contributed by atoms with Gasteiger partial charge in [0.1, 0.15) is 11.5 Å². The molecule has 4 rings (SSSR count). The molecule has 0 radical (unpaired) electrons. The van der Waals surface area contributed by atoms with Gasteiger partial charge in [-0.3, -0.25) is 9.59 Å². The van der Waals surface area contributed by atoms with Gasteiger partial charge in [-0.1, -0.05) is 36.4 Å². The molecule has 2 aliphatic heterocycles. The Morgan fingerprint density at radius 2 is 1.74 bits per heavy atom. The Hall–Kier alpha value is -3.10. The topological polar surface area (TPSA) is 99.5 Å². The van der Waals surface area contributed by atoms with Crippen LogP contribution in [0, 0.1) is 5.41 Å². The zero-order valence-corrected chi connectivity index (χ0v) is 20.1. The fourth-order valence-corrected chi connectivity index (χ4v) is 5.01. The Kier molecular flexibility index (Phi) is 7.93. The molecule has 0 bridgehead atoms. The van der Waals surface area contributed by atoms with E-state index in [1.807, 2.05) is 48.5 Å². The smallest absolute Gasteiger partial charge is 0.260 e. The third kappa shape index (κ3) is 6.32. The fourth-order valence-electron chi connectivity index (χ4n) is 5.01. The van der Waals surface area contributed by atoms with Crippen molar-refractivity contribution in [2.45, 2.75) is 37.9 Å². The van der Waals surface area contributed by atoms with Crippen LogP contribution in [0.25, 0.3) is 0 Å². The standard InChI is InChI=1S/C27H34N2O6/c1-28-19-27(11-13-29(14-12-27)26(33)18-34-21-8-3-2-4-9-21)16-23(31)22(30)15-20-7-5-6-10-24(20)35-17-25(28)32/h2-10,22-23,30-31H,11-19H2,1H3/t22-,23+/m0/s1. The summed E-state index contributed by atoms with van der Waals surface area (Å²) in [5.41, 5.74) is 0.337. The van der Waals surface area contributed by atoms with Crippen LogP contribution in [-0.4, -0.2) is 83.9 Å². The molecular weight excluding hydrogens is 448 g/mol. The maximum atomic E-state index is 12.8. The molecule has 2 heterocycles. The minimum Gasteiger partial charge on any atom is -0.484 e. The van der Waals surface area contributed by atoms with Gasteiger partial charge < -0.3 is 29.5 Å². The second kappa shape index (κ2) is 11.1. The van der Waals surface area contributed by atoms with Crippen LogP contribution in [0.4, 0.5) is 0 Å². The lowest BCUT2D eigenvalue weighted by atomic mass is 9.72. The van der Waals surface area contributed by atoms with Crippen LogP contribution in [0.5, 0.6) is 11.5 Å². The molecule has 2 N–H and O–H groups in total. The first kappa shape index (κ1) is 25.0. The van der Waals surface area contributed by atoms with Gasteiger partial charge in [0.15, 0.2) is 13.2 Å². The second-order valence-electron chi connectivity index (χ2n) is 9.67. The first-order chi connectivity index (χ1) is 16.8. The number of amides is 2. The summed E-state index contributed by atoms with van der Waals surface area (Å²) in [5.74, 6) is 0.950. The number of likely N-dealkylation sites (N-methyl/N-ethyl adjacent to an activating group) is 1. The van der Waals surface area contributed by atoms with Crippen molar-refractivity contribution >= 4 is 11.8 Å². The number of piperidine rings is 1. The van der Waals surface area contributed by atoms with E-state index in [2.05, 4.69) is 0 Å². The number of aliphatic hydroxyl groups is 2. The van der Waals surface area contributed by atoms with E-state index < -0.39 is 17.6 Å². The van der Waals surface area contributed by atoms with Gasteiger partial charge in [0.25, 0.3) is 11.8 Å². The second-order valence-corrected chi connectivity index (χ2v) is 9.67. The van der Waals surface area contributed by atoms with Gasteiger partial charge in [0.05, 0.1) is 12.2 Å².